The molecule has 13 heteroatoms. The molecule has 1 aromatic heterocycles. The van der Waals surface area contributed by atoms with E-state index in [1.165, 1.54) is 44.2 Å². The van der Waals surface area contributed by atoms with E-state index < -0.39 is 15.8 Å². The predicted molar refractivity (Wildman–Crippen MR) is 168 cm³/mol. The number of hydrogen-bond acceptors (Lipinski definition) is 8. The van der Waals surface area contributed by atoms with Gasteiger partial charge in [-0.25, -0.2) is 12.8 Å². The molecule has 0 saturated carbocycles. The maximum atomic E-state index is 15.1. The Morgan fingerprint density at radius 2 is 1.89 bits per heavy atom. The van der Waals surface area contributed by atoms with Crippen LogP contribution in [0.3, 0.4) is 0 Å². The summed E-state index contributed by atoms with van der Waals surface area (Å²) in [7, 11) is -1.18. The molecule has 44 heavy (non-hydrogen) atoms. The lowest BCUT2D eigenvalue weighted by Crippen LogP contribution is -2.41. The number of piperidine rings is 1. The van der Waals surface area contributed by atoms with Gasteiger partial charge in [0.25, 0.3) is 10.0 Å². The zero-order valence-electron chi connectivity index (χ0n) is 24.2. The maximum absolute atomic E-state index is 15.1. The number of pyridine rings is 1. The van der Waals surface area contributed by atoms with Crippen molar-refractivity contribution in [3.05, 3.63) is 76.7 Å². The van der Waals surface area contributed by atoms with Gasteiger partial charge in [0, 0.05) is 48.9 Å². The van der Waals surface area contributed by atoms with Gasteiger partial charge in [0.1, 0.15) is 22.6 Å². The third kappa shape index (κ3) is 7.47. The minimum atomic E-state index is -4.22. The van der Waals surface area contributed by atoms with E-state index in [4.69, 9.17) is 42.1 Å². The van der Waals surface area contributed by atoms with Crippen molar-refractivity contribution in [1.29, 1.82) is 0 Å². The summed E-state index contributed by atoms with van der Waals surface area (Å²) in [5.41, 5.74) is 0.585. The molecule has 1 aliphatic heterocycles. The van der Waals surface area contributed by atoms with E-state index >= 15 is 4.39 Å². The molecule has 0 radical (unpaired) electrons. The van der Waals surface area contributed by atoms with Gasteiger partial charge >= 0.3 is 0 Å². The zero-order valence-corrected chi connectivity index (χ0v) is 26.5. The van der Waals surface area contributed by atoms with Crippen LogP contribution in [0.4, 0.5) is 10.1 Å². The van der Waals surface area contributed by atoms with Crippen molar-refractivity contribution < 1.29 is 31.8 Å². The molecular weight excluding hydrogens is 632 g/mol. The van der Waals surface area contributed by atoms with E-state index in [2.05, 4.69) is 14.6 Å². The van der Waals surface area contributed by atoms with Crippen molar-refractivity contribution >= 4 is 49.8 Å². The predicted octanol–water partition coefficient (Wildman–Crippen LogP) is 7.51. The van der Waals surface area contributed by atoms with Crippen LogP contribution in [0.25, 0.3) is 10.9 Å². The van der Waals surface area contributed by atoms with Gasteiger partial charge in [0.2, 0.25) is 0 Å². The Morgan fingerprint density at radius 3 is 2.66 bits per heavy atom. The molecule has 1 N–H and O–H groups in total. The van der Waals surface area contributed by atoms with E-state index in [-0.39, 0.29) is 38.4 Å². The largest absolute Gasteiger partial charge is 0.494 e. The number of methoxy groups -OCH3 is 2. The number of nitrogens with one attached hydrogen (secondary N) is 1. The lowest BCUT2D eigenvalue weighted by Gasteiger charge is -2.34. The number of rotatable bonds is 12. The van der Waals surface area contributed by atoms with Crippen LogP contribution in [0.2, 0.25) is 10.0 Å². The number of likely N-dealkylation sites (tertiary alicyclic amines) is 1. The molecule has 0 aliphatic carbocycles. The molecule has 1 unspecified atom stereocenters. The molecule has 4 aromatic rings. The first kappa shape index (κ1) is 32.1. The molecule has 0 amide bonds. The van der Waals surface area contributed by atoms with Crippen molar-refractivity contribution in [2.24, 2.45) is 0 Å². The van der Waals surface area contributed by atoms with Crippen LogP contribution in [0, 0.1) is 5.82 Å². The third-order valence-corrected chi connectivity index (χ3v) is 9.12. The Kier molecular flexibility index (Phi) is 10.3. The molecule has 1 fully saturated rings. The molecule has 1 saturated heterocycles. The number of aromatic nitrogens is 1. The molecule has 5 rings (SSSR count). The average molecular weight is 665 g/mol. The number of halogens is 3. The summed E-state index contributed by atoms with van der Waals surface area (Å²) in [6, 6.07) is 13.3. The van der Waals surface area contributed by atoms with Gasteiger partial charge in [0.05, 0.1) is 29.9 Å². The Bertz CT molecular complexity index is 1740. The first-order valence-corrected chi connectivity index (χ1v) is 16.2. The lowest BCUT2D eigenvalue weighted by molar-refractivity contribution is -0.0565. The van der Waals surface area contributed by atoms with Gasteiger partial charge in [-0.1, -0.05) is 23.2 Å². The van der Waals surface area contributed by atoms with E-state index in [9.17, 15) is 8.42 Å². The lowest BCUT2D eigenvalue weighted by atomic mass is 10.1. The van der Waals surface area contributed by atoms with Crippen LogP contribution < -0.4 is 18.9 Å². The second-order valence-electron chi connectivity index (χ2n) is 10.2. The topological polar surface area (TPSA) is 99.2 Å². The average Bonchev–Trinajstić information content (AvgIpc) is 3.00. The quantitative estimate of drug-likeness (QED) is 0.156. The van der Waals surface area contributed by atoms with Crippen molar-refractivity contribution in [2.45, 2.75) is 36.8 Å². The highest BCUT2D eigenvalue weighted by atomic mass is 35.5. The smallest absolute Gasteiger partial charge is 0.265 e. The summed E-state index contributed by atoms with van der Waals surface area (Å²) in [5, 5.41) is 0.778. The Hall–Kier alpha value is -3.35. The molecule has 234 valence electrons. The van der Waals surface area contributed by atoms with E-state index in [1.54, 1.807) is 19.4 Å². The van der Waals surface area contributed by atoms with Crippen LogP contribution in [0.5, 0.6) is 23.0 Å². The molecule has 3 aromatic carbocycles. The SMILES string of the molecule is COc1c(Cl)cc(Cl)cc1S(=O)(=O)Nc1ccc(Oc2ccnc3cc(OCCCN4CCCCC4OC)ccc23)c(F)c1. The normalized spacial score (nSPS) is 15.7. The highest BCUT2D eigenvalue weighted by molar-refractivity contribution is 7.92. The Balaban J connectivity index is 1.25. The zero-order chi connectivity index (χ0) is 31.3. The minimum absolute atomic E-state index is 0.0204. The number of nitrogens with zero attached hydrogens (tertiary/aromatic N) is 2. The van der Waals surface area contributed by atoms with Crippen LogP contribution in [0.15, 0.2) is 65.7 Å². The highest BCUT2D eigenvalue weighted by Gasteiger charge is 2.24. The van der Waals surface area contributed by atoms with Gasteiger partial charge in [-0.05, 0) is 68.1 Å². The van der Waals surface area contributed by atoms with Crippen molar-refractivity contribution in [3.63, 3.8) is 0 Å². The molecule has 9 nitrogen and oxygen atoms in total. The summed E-state index contributed by atoms with van der Waals surface area (Å²) in [4.78, 5) is 6.48. The summed E-state index contributed by atoms with van der Waals surface area (Å²) in [6.07, 6.45) is 6.03. The number of anilines is 1. The second kappa shape index (κ2) is 14.2. The fourth-order valence-corrected chi connectivity index (χ4v) is 7.09. The van der Waals surface area contributed by atoms with Crippen LogP contribution in [-0.4, -0.2) is 58.4 Å². The van der Waals surface area contributed by atoms with E-state index in [1.807, 2.05) is 18.2 Å². The fourth-order valence-electron chi connectivity index (χ4n) is 5.13. The Morgan fingerprint density at radius 1 is 1.05 bits per heavy atom. The fraction of sp³-hybridized carbons (Fsp3) is 0.323. The molecule has 2 heterocycles. The first-order chi connectivity index (χ1) is 21.2. The van der Waals surface area contributed by atoms with Gasteiger partial charge < -0.3 is 18.9 Å². The maximum Gasteiger partial charge on any atom is 0.265 e. The molecule has 0 bridgehead atoms. The summed E-state index contributed by atoms with van der Waals surface area (Å²) in [6.45, 7) is 2.48. The standard InChI is InChI=1S/C31H32Cl2FN3O6S/c1-40-30-6-3-4-13-37(30)14-5-15-42-22-8-9-23-26(19-22)35-12-11-27(23)43-28-10-7-21(18-25(28)34)36-44(38,39)29-17-20(32)16-24(33)31(29)41-2/h7-12,16-19,30,36H,3-6,13-15H2,1-2H3. The summed E-state index contributed by atoms with van der Waals surface area (Å²) >= 11 is 12.1. The second-order valence-corrected chi connectivity index (χ2v) is 12.7. The number of fused-ring (bicyclic) bond motifs is 1. The first-order valence-electron chi connectivity index (χ1n) is 14.0. The van der Waals surface area contributed by atoms with Crippen molar-refractivity contribution in [2.75, 3.05) is 38.6 Å². The van der Waals surface area contributed by atoms with Crippen LogP contribution in [-0.2, 0) is 14.8 Å². The molecule has 0 spiro atoms. The number of hydrogen-bond donors (Lipinski definition) is 1. The molecule has 1 aliphatic rings. The minimum Gasteiger partial charge on any atom is -0.494 e. The monoisotopic (exact) mass is 663 g/mol. The van der Waals surface area contributed by atoms with Crippen LogP contribution in [0.1, 0.15) is 25.7 Å². The van der Waals surface area contributed by atoms with Gasteiger partial charge in [-0.2, -0.15) is 0 Å². The van der Waals surface area contributed by atoms with Crippen molar-refractivity contribution in [1.82, 2.24) is 9.88 Å². The van der Waals surface area contributed by atoms with Gasteiger partial charge in [0.15, 0.2) is 17.3 Å². The van der Waals surface area contributed by atoms with Crippen molar-refractivity contribution in [3.8, 4) is 23.0 Å². The number of benzene rings is 3. The molecular formula is C31H32Cl2FN3O6S. The van der Waals surface area contributed by atoms with Gasteiger partial charge in [-0.15, -0.1) is 0 Å². The third-order valence-electron chi connectivity index (χ3n) is 7.23. The summed E-state index contributed by atoms with van der Waals surface area (Å²) < 4.78 is 66.1. The van der Waals surface area contributed by atoms with E-state index in [0.717, 1.165) is 32.0 Å². The number of ether oxygens (including phenoxy) is 4. The van der Waals surface area contributed by atoms with Crippen LogP contribution >= 0.6 is 23.2 Å². The Labute approximate surface area is 265 Å². The van der Waals surface area contributed by atoms with Gasteiger partial charge in [-0.3, -0.25) is 14.6 Å². The molecule has 1 atom stereocenters. The summed E-state index contributed by atoms with van der Waals surface area (Å²) in [5.74, 6) is 0.0824. The van der Waals surface area contributed by atoms with E-state index in [0.29, 0.717) is 29.0 Å². The highest BCUT2D eigenvalue weighted by Crippen LogP contribution is 2.37. The number of sulfonamides is 1.